The average molecular weight is 391 g/mol. The van der Waals surface area contributed by atoms with Crippen molar-refractivity contribution in [2.75, 3.05) is 18.6 Å². The number of ether oxygens (including phenoxy) is 2. The van der Waals surface area contributed by atoms with Crippen LogP contribution in [0.5, 0.6) is 5.75 Å². The fourth-order valence-electron chi connectivity index (χ4n) is 3.13. The van der Waals surface area contributed by atoms with E-state index >= 15 is 0 Å². The quantitative estimate of drug-likeness (QED) is 0.779. The molecule has 144 valence electrons. The summed E-state index contributed by atoms with van der Waals surface area (Å²) in [5, 5.41) is 4.06. The third kappa shape index (κ3) is 4.21. The van der Waals surface area contributed by atoms with Crippen molar-refractivity contribution in [3.05, 3.63) is 42.0 Å². The zero-order valence-corrected chi connectivity index (χ0v) is 15.9. The normalized spacial score (nSPS) is 19.4. The van der Waals surface area contributed by atoms with Gasteiger partial charge in [0.1, 0.15) is 5.75 Å². The summed E-state index contributed by atoms with van der Waals surface area (Å²) in [6.45, 7) is 1.46. The molecule has 1 fully saturated rings. The van der Waals surface area contributed by atoms with Gasteiger partial charge in [0.15, 0.2) is 15.9 Å². The third-order valence-corrected chi connectivity index (χ3v) is 6.32. The Bertz CT molecular complexity index is 985. The molecule has 0 spiro atoms. The van der Waals surface area contributed by atoms with Crippen molar-refractivity contribution < 1.29 is 27.5 Å². The van der Waals surface area contributed by atoms with Crippen molar-refractivity contribution in [2.24, 2.45) is 0 Å². The van der Waals surface area contributed by atoms with Crippen LogP contribution >= 0.6 is 0 Å². The first-order chi connectivity index (χ1) is 12.8. The molecular formula is C19H21NO6S. The molecule has 0 saturated carbocycles. The van der Waals surface area contributed by atoms with Gasteiger partial charge in [0.25, 0.3) is 5.91 Å². The molecular weight excluding hydrogens is 370 g/mol. The van der Waals surface area contributed by atoms with E-state index in [0.29, 0.717) is 23.1 Å². The standard InChI is InChI=1S/C19H21NO6S/c1-12(18(21)20-13-9-10-27(23,24)11-13)26-19(22)16-7-8-17(25-2)15-6-4-3-5-14(15)16/h3-8,12-13H,9-11H2,1-2H3,(H,20,21)/t12-,13+/m1/s1. The number of hydrogen-bond acceptors (Lipinski definition) is 6. The molecule has 1 N–H and O–H groups in total. The first-order valence-electron chi connectivity index (χ1n) is 8.58. The molecule has 7 nitrogen and oxygen atoms in total. The Balaban J connectivity index is 1.72. The highest BCUT2D eigenvalue weighted by atomic mass is 32.2. The second kappa shape index (κ2) is 7.56. The summed E-state index contributed by atoms with van der Waals surface area (Å²) in [5.41, 5.74) is 0.328. The number of fused-ring (bicyclic) bond motifs is 1. The lowest BCUT2D eigenvalue weighted by molar-refractivity contribution is -0.129. The molecule has 1 saturated heterocycles. The van der Waals surface area contributed by atoms with Crippen molar-refractivity contribution in [3.63, 3.8) is 0 Å². The summed E-state index contributed by atoms with van der Waals surface area (Å²) in [4.78, 5) is 24.8. The lowest BCUT2D eigenvalue weighted by Gasteiger charge is -2.17. The van der Waals surface area contributed by atoms with Crippen LogP contribution in [0.3, 0.4) is 0 Å². The van der Waals surface area contributed by atoms with Crippen molar-refractivity contribution >= 4 is 32.5 Å². The van der Waals surface area contributed by atoms with Gasteiger partial charge in [-0.25, -0.2) is 13.2 Å². The zero-order valence-electron chi connectivity index (χ0n) is 15.1. The van der Waals surface area contributed by atoms with Crippen molar-refractivity contribution in [1.29, 1.82) is 0 Å². The Morgan fingerprint density at radius 2 is 1.85 bits per heavy atom. The summed E-state index contributed by atoms with van der Waals surface area (Å²) < 4.78 is 33.6. The monoisotopic (exact) mass is 391 g/mol. The number of hydrogen-bond donors (Lipinski definition) is 1. The predicted molar refractivity (Wildman–Crippen MR) is 101 cm³/mol. The first kappa shape index (κ1) is 19.2. The molecule has 1 amide bonds. The highest BCUT2D eigenvalue weighted by Gasteiger charge is 2.31. The van der Waals surface area contributed by atoms with E-state index in [0.717, 1.165) is 5.39 Å². The van der Waals surface area contributed by atoms with Crippen LogP contribution in [0.25, 0.3) is 10.8 Å². The van der Waals surface area contributed by atoms with E-state index in [1.165, 1.54) is 6.92 Å². The van der Waals surface area contributed by atoms with E-state index in [-0.39, 0.29) is 11.5 Å². The lowest BCUT2D eigenvalue weighted by atomic mass is 10.0. The molecule has 1 heterocycles. The summed E-state index contributed by atoms with van der Waals surface area (Å²) in [6, 6.07) is 10.1. The maximum absolute atomic E-state index is 12.6. The van der Waals surface area contributed by atoms with Crippen LogP contribution in [-0.2, 0) is 19.4 Å². The van der Waals surface area contributed by atoms with Gasteiger partial charge in [-0.15, -0.1) is 0 Å². The van der Waals surface area contributed by atoms with Gasteiger partial charge in [-0.3, -0.25) is 4.79 Å². The Kier molecular flexibility index (Phi) is 5.36. The van der Waals surface area contributed by atoms with Gasteiger partial charge in [0, 0.05) is 11.4 Å². The second-order valence-corrected chi connectivity index (χ2v) is 8.75. The van der Waals surface area contributed by atoms with Crippen molar-refractivity contribution in [3.8, 4) is 5.75 Å². The molecule has 1 aliphatic heterocycles. The van der Waals surface area contributed by atoms with Gasteiger partial charge >= 0.3 is 5.97 Å². The van der Waals surface area contributed by atoms with Gasteiger partial charge in [-0.2, -0.15) is 0 Å². The molecule has 8 heteroatoms. The number of amides is 1. The Morgan fingerprint density at radius 3 is 2.48 bits per heavy atom. The average Bonchev–Trinajstić information content (AvgIpc) is 2.98. The van der Waals surface area contributed by atoms with Gasteiger partial charge in [-0.05, 0) is 30.9 Å². The molecule has 2 aromatic rings. The molecule has 27 heavy (non-hydrogen) atoms. The maximum atomic E-state index is 12.6. The van der Waals surface area contributed by atoms with Crippen LogP contribution in [-0.4, -0.2) is 51.1 Å². The molecule has 0 bridgehead atoms. The highest BCUT2D eigenvalue weighted by Crippen LogP contribution is 2.28. The molecule has 0 aromatic heterocycles. The minimum absolute atomic E-state index is 0.0595. The Hall–Kier alpha value is -2.61. The fraction of sp³-hybridized carbons (Fsp3) is 0.368. The highest BCUT2D eigenvalue weighted by molar-refractivity contribution is 7.91. The number of methoxy groups -OCH3 is 1. The van der Waals surface area contributed by atoms with Crippen LogP contribution in [0.4, 0.5) is 0 Å². The lowest BCUT2D eigenvalue weighted by Crippen LogP contribution is -2.42. The van der Waals surface area contributed by atoms with Gasteiger partial charge in [0.2, 0.25) is 0 Å². The van der Waals surface area contributed by atoms with Crippen molar-refractivity contribution in [2.45, 2.75) is 25.5 Å². The number of carbonyl (C=O) groups excluding carboxylic acids is 2. The first-order valence-corrected chi connectivity index (χ1v) is 10.4. The zero-order chi connectivity index (χ0) is 19.6. The summed E-state index contributed by atoms with van der Waals surface area (Å²) in [5.74, 6) is -0.527. The van der Waals surface area contributed by atoms with E-state index in [1.807, 2.05) is 12.1 Å². The van der Waals surface area contributed by atoms with E-state index in [4.69, 9.17) is 9.47 Å². The minimum atomic E-state index is -3.10. The van der Waals surface area contributed by atoms with Crippen LogP contribution in [0.1, 0.15) is 23.7 Å². The predicted octanol–water partition coefficient (Wildman–Crippen LogP) is 1.70. The molecule has 2 aromatic carbocycles. The smallest absolute Gasteiger partial charge is 0.339 e. The number of benzene rings is 2. The van der Waals surface area contributed by atoms with Gasteiger partial charge in [-0.1, -0.05) is 24.3 Å². The molecule has 3 rings (SSSR count). The molecule has 0 unspecified atom stereocenters. The van der Waals surface area contributed by atoms with E-state index in [1.54, 1.807) is 31.4 Å². The number of sulfone groups is 1. The number of rotatable bonds is 5. The van der Waals surface area contributed by atoms with Crippen LogP contribution < -0.4 is 10.1 Å². The minimum Gasteiger partial charge on any atom is -0.496 e. The number of esters is 1. The number of nitrogens with one attached hydrogen (secondary N) is 1. The third-order valence-electron chi connectivity index (χ3n) is 4.56. The van der Waals surface area contributed by atoms with E-state index < -0.39 is 33.9 Å². The van der Waals surface area contributed by atoms with E-state index in [2.05, 4.69) is 5.32 Å². The van der Waals surface area contributed by atoms with Crippen LogP contribution in [0.2, 0.25) is 0 Å². The molecule has 0 aliphatic carbocycles. The Morgan fingerprint density at radius 1 is 1.15 bits per heavy atom. The molecule has 2 atom stereocenters. The maximum Gasteiger partial charge on any atom is 0.339 e. The summed E-state index contributed by atoms with van der Waals surface area (Å²) in [6.07, 6.45) is -0.667. The van der Waals surface area contributed by atoms with Crippen molar-refractivity contribution in [1.82, 2.24) is 5.32 Å². The van der Waals surface area contributed by atoms with Gasteiger partial charge < -0.3 is 14.8 Å². The van der Waals surface area contributed by atoms with Gasteiger partial charge in [0.05, 0.1) is 24.2 Å². The van der Waals surface area contributed by atoms with E-state index in [9.17, 15) is 18.0 Å². The SMILES string of the molecule is COc1ccc(C(=O)O[C@H](C)C(=O)N[C@H]2CCS(=O)(=O)C2)c2ccccc12. The molecule has 0 radical (unpaired) electrons. The second-order valence-electron chi connectivity index (χ2n) is 6.52. The Labute approximate surface area is 157 Å². The largest absolute Gasteiger partial charge is 0.496 e. The topological polar surface area (TPSA) is 98.8 Å². The number of carbonyl (C=O) groups is 2. The van der Waals surface area contributed by atoms with Crippen LogP contribution in [0, 0.1) is 0 Å². The molecule has 1 aliphatic rings. The summed E-state index contributed by atoms with van der Waals surface area (Å²) >= 11 is 0. The summed E-state index contributed by atoms with van der Waals surface area (Å²) in [7, 11) is -1.55. The van der Waals surface area contributed by atoms with Crippen LogP contribution in [0.15, 0.2) is 36.4 Å². The fourth-order valence-corrected chi connectivity index (χ4v) is 4.81.